The zero-order valence-corrected chi connectivity index (χ0v) is 6.45. The molecule has 0 aliphatic carbocycles. The Kier molecular flexibility index (Phi) is 2.47. The average molecular weight is 166 g/mol. The van der Waals surface area contributed by atoms with Gasteiger partial charge in [-0.3, -0.25) is 4.79 Å². The lowest BCUT2D eigenvalue weighted by Crippen LogP contribution is -2.22. The monoisotopic (exact) mass is 166 g/mol. The van der Waals surface area contributed by atoms with Crippen LogP contribution in [-0.2, 0) is 4.79 Å². The highest BCUT2D eigenvalue weighted by Crippen LogP contribution is 2.06. The zero-order valence-electron chi connectivity index (χ0n) is 6.45. The second-order valence-corrected chi connectivity index (χ2v) is 2.29. The molecule has 0 aliphatic rings. The van der Waals surface area contributed by atoms with Crippen molar-refractivity contribution in [1.82, 2.24) is 4.98 Å². The number of nitrogens with one attached hydrogen (secondary N) is 1. The van der Waals surface area contributed by atoms with Crippen LogP contribution in [0.3, 0.4) is 0 Å². The number of aromatic nitrogens is 1. The van der Waals surface area contributed by atoms with Crippen LogP contribution in [0.4, 0.5) is 11.5 Å². The third-order valence-corrected chi connectivity index (χ3v) is 1.23. The molecule has 5 nitrogen and oxygen atoms in total. The Balaban J connectivity index is 2.57. The first-order valence-corrected chi connectivity index (χ1v) is 3.42. The van der Waals surface area contributed by atoms with E-state index >= 15 is 0 Å². The zero-order chi connectivity index (χ0) is 8.97. The number of carbonyl (C=O) groups excluding carboxylic acids is 1. The number of hydrogen-bond acceptors (Lipinski definition) is 4. The van der Waals surface area contributed by atoms with Crippen LogP contribution in [0.25, 0.3) is 0 Å². The lowest BCUT2D eigenvalue weighted by atomic mass is 10.4. The minimum atomic E-state index is -0.431. The van der Waals surface area contributed by atoms with Gasteiger partial charge in [0.2, 0.25) is 5.91 Å². The quantitative estimate of drug-likeness (QED) is 0.567. The minimum Gasteiger partial charge on any atom is -0.399 e. The summed E-state index contributed by atoms with van der Waals surface area (Å²) in [7, 11) is 0. The fourth-order valence-corrected chi connectivity index (χ4v) is 0.721. The molecule has 0 saturated carbocycles. The number of nitrogens with zero attached hydrogens (tertiary/aromatic N) is 1. The Labute approximate surface area is 69.8 Å². The highest BCUT2D eigenvalue weighted by molar-refractivity contribution is 5.78. The van der Waals surface area contributed by atoms with Gasteiger partial charge in [0, 0.05) is 18.0 Å². The number of nitrogen functional groups attached to an aromatic ring is 1. The summed E-state index contributed by atoms with van der Waals surface area (Å²) in [5, 5.41) is 2.72. The molecule has 1 heterocycles. The fourth-order valence-electron chi connectivity index (χ4n) is 0.721. The van der Waals surface area contributed by atoms with E-state index in [9.17, 15) is 4.79 Å². The number of rotatable bonds is 3. The largest absolute Gasteiger partial charge is 0.399 e. The molecule has 0 radical (unpaired) electrons. The van der Waals surface area contributed by atoms with Crippen LogP contribution < -0.4 is 16.8 Å². The van der Waals surface area contributed by atoms with Gasteiger partial charge in [-0.05, 0) is 6.07 Å². The van der Waals surface area contributed by atoms with Crippen molar-refractivity contribution in [2.24, 2.45) is 5.73 Å². The highest BCUT2D eigenvalue weighted by atomic mass is 16.1. The lowest BCUT2D eigenvalue weighted by molar-refractivity contribution is -0.116. The minimum absolute atomic E-state index is 0.0659. The van der Waals surface area contributed by atoms with Crippen molar-refractivity contribution < 1.29 is 4.79 Å². The Bertz CT molecular complexity index is 286. The van der Waals surface area contributed by atoms with Gasteiger partial charge in [-0.15, -0.1) is 0 Å². The SMILES string of the molecule is NC(=O)CNc1cc(N)ccn1. The Hall–Kier alpha value is -1.78. The van der Waals surface area contributed by atoms with Gasteiger partial charge in [0.15, 0.2) is 0 Å². The molecule has 0 aliphatic heterocycles. The van der Waals surface area contributed by atoms with Crippen molar-refractivity contribution in [2.45, 2.75) is 0 Å². The summed E-state index contributed by atoms with van der Waals surface area (Å²) in [5.41, 5.74) is 11.0. The van der Waals surface area contributed by atoms with E-state index in [4.69, 9.17) is 11.5 Å². The van der Waals surface area contributed by atoms with Crippen molar-refractivity contribution in [3.05, 3.63) is 18.3 Å². The number of pyridine rings is 1. The molecule has 0 aromatic carbocycles. The number of primary amides is 1. The summed E-state index contributed by atoms with van der Waals surface area (Å²) in [6.45, 7) is 0.0659. The first kappa shape index (κ1) is 8.32. The summed E-state index contributed by atoms with van der Waals surface area (Å²) in [6.07, 6.45) is 1.55. The summed E-state index contributed by atoms with van der Waals surface area (Å²) >= 11 is 0. The maximum atomic E-state index is 10.4. The van der Waals surface area contributed by atoms with E-state index in [-0.39, 0.29) is 6.54 Å². The average Bonchev–Trinajstić information content (AvgIpc) is 2.01. The van der Waals surface area contributed by atoms with Gasteiger partial charge >= 0.3 is 0 Å². The molecule has 0 saturated heterocycles. The molecule has 0 unspecified atom stereocenters. The van der Waals surface area contributed by atoms with E-state index in [0.717, 1.165) is 0 Å². The second kappa shape index (κ2) is 3.56. The third kappa shape index (κ3) is 2.45. The van der Waals surface area contributed by atoms with E-state index in [0.29, 0.717) is 11.5 Å². The van der Waals surface area contributed by atoms with E-state index in [1.165, 1.54) is 0 Å². The molecule has 0 fully saturated rings. The molecular formula is C7H10N4O. The third-order valence-electron chi connectivity index (χ3n) is 1.23. The van der Waals surface area contributed by atoms with Crippen LogP contribution in [0.2, 0.25) is 0 Å². The number of carbonyl (C=O) groups is 1. The van der Waals surface area contributed by atoms with Gasteiger partial charge in [0.1, 0.15) is 5.82 Å². The first-order valence-electron chi connectivity index (χ1n) is 3.42. The van der Waals surface area contributed by atoms with Crippen LogP contribution in [0.5, 0.6) is 0 Å². The summed E-state index contributed by atoms with van der Waals surface area (Å²) in [4.78, 5) is 14.3. The van der Waals surface area contributed by atoms with Gasteiger partial charge in [-0.1, -0.05) is 0 Å². The first-order chi connectivity index (χ1) is 5.68. The predicted molar refractivity (Wildman–Crippen MR) is 46.3 cm³/mol. The normalized spacial score (nSPS) is 9.33. The summed E-state index contributed by atoms with van der Waals surface area (Å²) in [6, 6.07) is 3.29. The topological polar surface area (TPSA) is 94.0 Å². The lowest BCUT2D eigenvalue weighted by Gasteiger charge is -2.02. The van der Waals surface area contributed by atoms with Crippen LogP contribution >= 0.6 is 0 Å². The standard InChI is InChI=1S/C7H10N4O/c8-5-1-2-10-7(3-5)11-4-6(9)12/h1-3H,4H2,(H2,9,12)(H3,8,10,11). The van der Waals surface area contributed by atoms with E-state index in [2.05, 4.69) is 10.3 Å². The number of amides is 1. The molecule has 0 atom stereocenters. The molecule has 1 rings (SSSR count). The van der Waals surface area contributed by atoms with Crippen molar-refractivity contribution >= 4 is 17.4 Å². The molecule has 1 aromatic rings. The van der Waals surface area contributed by atoms with Gasteiger partial charge in [-0.2, -0.15) is 0 Å². The van der Waals surface area contributed by atoms with Crippen molar-refractivity contribution in [3.8, 4) is 0 Å². The molecule has 5 heteroatoms. The Morgan fingerprint density at radius 1 is 1.67 bits per heavy atom. The van der Waals surface area contributed by atoms with Crippen LogP contribution in [0.1, 0.15) is 0 Å². The highest BCUT2D eigenvalue weighted by Gasteiger charge is 1.95. The van der Waals surface area contributed by atoms with Crippen molar-refractivity contribution in [1.29, 1.82) is 0 Å². The maximum Gasteiger partial charge on any atom is 0.236 e. The molecule has 0 spiro atoms. The van der Waals surface area contributed by atoms with Crippen LogP contribution in [0, 0.1) is 0 Å². The number of nitrogens with two attached hydrogens (primary N) is 2. The molecule has 1 aromatic heterocycles. The summed E-state index contributed by atoms with van der Waals surface area (Å²) in [5.74, 6) is 0.119. The molecule has 0 bridgehead atoms. The van der Waals surface area contributed by atoms with Crippen molar-refractivity contribution in [2.75, 3.05) is 17.6 Å². The van der Waals surface area contributed by atoms with Crippen LogP contribution in [0.15, 0.2) is 18.3 Å². The second-order valence-electron chi connectivity index (χ2n) is 2.29. The maximum absolute atomic E-state index is 10.4. The molecule has 1 amide bonds. The number of hydrogen-bond donors (Lipinski definition) is 3. The van der Waals surface area contributed by atoms with Gasteiger partial charge in [0.05, 0.1) is 6.54 Å². The molecule has 12 heavy (non-hydrogen) atoms. The van der Waals surface area contributed by atoms with E-state index < -0.39 is 5.91 Å². The number of anilines is 2. The predicted octanol–water partition coefficient (Wildman–Crippen LogP) is -0.439. The summed E-state index contributed by atoms with van der Waals surface area (Å²) < 4.78 is 0. The molecule has 5 N–H and O–H groups in total. The Morgan fingerprint density at radius 2 is 2.42 bits per heavy atom. The smallest absolute Gasteiger partial charge is 0.236 e. The van der Waals surface area contributed by atoms with Crippen LogP contribution in [-0.4, -0.2) is 17.4 Å². The van der Waals surface area contributed by atoms with Gasteiger partial charge in [0.25, 0.3) is 0 Å². The van der Waals surface area contributed by atoms with Gasteiger partial charge in [-0.25, -0.2) is 4.98 Å². The Morgan fingerprint density at radius 3 is 3.00 bits per heavy atom. The van der Waals surface area contributed by atoms with E-state index in [1.807, 2.05) is 0 Å². The van der Waals surface area contributed by atoms with Gasteiger partial charge < -0.3 is 16.8 Å². The fraction of sp³-hybridized carbons (Fsp3) is 0.143. The molecular weight excluding hydrogens is 156 g/mol. The molecule has 64 valence electrons. The van der Waals surface area contributed by atoms with Crippen molar-refractivity contribution in [3.63, 3.8) is 0 Å². The van der Waals surface area contributed by atoms with E-state index in [1.54, 1.807) is 18.3 Å².